The highest BCUT2D eigenvalue weighted by Crippen LogP contribution is 2.19. The number of rotatable bonds is 69. The minimum atomic E-state index is -0.764. The zero-order valence-corrected chi connectivity index (χ0v) is 55.1. The monoisotopic (exact) mass is 1140 g/mol. The zero-order chi connectivity index (χ0) is 58.5. The van der Waals surface area contributed by atoms with E-state index in [1.807, 2.05) is 0 Å². The smallest absolute Gasteiger partial charge is 0.306 e. The Labute approximate surface area is 506 Å². The molecule has 0 fully saturated rings. The molecule has 0 aliphatic rings. The van der Waals surface area contributed by atoms with Crippen molar-refractivity contribution in [3.05, 3.63) is 24.3 Å². The van der Waals surface area contributed by atoms with Gasteiger partial charge in [0.15, 0.2) is 6.10 Å². The van der Waals surface area contributed by atoms with Gasteiger partial charge in [0.25, 0.3) is 0 Å². The van der Waals surface area contributed by atoms with Gasteiger partial charge in [0.2, 0.25) is 0 Å². The van der Waals surface area contributed by atoms with Gasteiger partial charge in [-0.3, -0.25) is 14.4 Å². The van der Waals surface area contributed by atoms with E-state index in [4.69, 9.17) is 14.2 Å². The fourth-order valence-corrected chi connectivity index (χ4v) is 11.4. The molecule has 0 aromatic rings. The molecule has 1 atom stereocenters. The van der Waals surface area contributed by atoms with E-state index < -0.39 is 6.10 Å². The molecule has 0 aromatic carbocycles. The Hall–Kier alpha value is -2.11. The molecule has 6 heteroatoms. The molecule has 0 amide bonds. The van der Waals surface area contributed by atoms with Gasteiger partial charge in [-0.05, 0) is 51.4 Å². The van der Waals surface area contributed by atoms with Gasteiger partial charge in [-0.15, -0.1) is 0 Å². The average Bonchev–Trinajstić information content (AvgIpc) is 3.47. The highest BCUT2D eigenvalue weighted by atomic mass is 16.6. The normalized spacial score (nSPS) is 12.1. The Morgan fingerprint density at radius 1 is 0.247 bits per heavy atom. The second-order valence-corrected chi connectivity index (χ2v) is 25.2. The molecule has 0 aliphatic heterocycles. The van der Waals surface area contributed by atoms with Crippen LogP contribution in [0, 0.1) is 0 Å². The first kappa shape index (κ1) is 78.9. The topological polar surface area (TPSA) is 78.9 Å². The molecule has 0 aliphatic carbocycles. The van der Waals surface area contributed by atoms with Crippen LogP contribution in [0.2, 0.25) is 0 Å². The fourth-order valence-electron chi connectivity index (χ4n) is 11.4. The second-order valence-electron chi connectivity index (χ2n) is 25.2. The van der Waals surface area contributed by atoms with Gasteiger partial charge in [0, 0.05) is 19.3 Å². The fraction of sp³-hybridized carbons (Fsp3) is 0.907. The van der Waals surface area contributed by atoms with Crippen molar-refractivity contribution in [1.82, 2.24) is 0 Å². The van der Waals surface area contributed by atoms with E-state index >= 15 is 0 Å². The Kier molecular flexibility index (Phi) is 68.5. The number of hydrogen-bond donors (Lipinski definition) is 0. The van der Waals surface area contributed by atoms with Crippen molar-refractivity contribution in [2.75, 3.05) is 13.2 Å². The van der Waals surface area contributed by atoms with Gasteiger partial charge in [-0.1, -0.05) is 373 Å². The average molecular weight is 1140 g/mol. The number of hydrogen-bond acceptors (Lipinski definition) is 6. The standard InChI is InChI=1S/C75H142O6/c1-4-7-10-13-16-18-20-22-24-26-28-30-31-32-33-34-35-36-37-38-39-40-41-42-43-45-46-48-50-52-54-56-59-62-65-68-74(77)80-71-72(70-79-73(76)67-64-61-58-15-12-9-6-3)81-75(78)69-66-63-60-57-55-53-51-49-47-44-29-27-25-23-21-19-17-14-11-8-5-2/h20,22,26,28,72H,4-19,21,23-25,27,29-71H2,1-3H3/b22-20-,28-26-. The molecule has 0 spiro atoms. The maximum absolute atomic E-state index is 12.9. The lowest BCUT2D eigenvalue weighted by Gasteiger charge is -2.18. The van der Waals surface area contributed by atoms with Gasteiger partial charge in [0.1, 0.15) is 13.2 Å². The van der Waals surface area contributed by atoms with E-state index in [0.29, 0.717) is 19.3 Å². The molecule has 0 radical (unpaired) electrons. The summed E-state index contributed by atoms with van der Waals surface area (Å²) < 4.78 is 16.9. The second kappa shape index (κ2) is 70.4. The van der Waals surface area contributed by atoms with Gasteiger partial charge < -0.3 is 14.2 Å². The van der Waals surface area contributed by atoms with Crippen LogP contribution in [0.25, 0.3) is 0 Å². The summed E-state index contributed by atoms with van der Waals surface area (Å²) in [6, 6.07) is 0. The molecular weight excluding hydrogens is 997 g/mol. The largest absolute Gasteiger partial charge is 0.462 e. The van der Waals surface area contributed by atoms with Crippen molar-refractivity contribution in [3.63, 3.8) is 0 Å². The van der Waals surface area contributed by atoms with Crippen LogP contribution >= 0.6 is 0 Å². The third-order valence-electron chi connectivity index (χ3n) is 17.0. The molecule has 1 unspecified atom stereocenters. The predicted molar refractivity (Wildman–Crippen MR) is 353 cm³/mol. The van der Waals surface area contributed by atoms with Crippen molar-refractivity contribution in [1.29, 1.82) is 0 Å². The van der Waals surface area contributed by atoms with Crippen molar-refractivity contribution >= 4 is 17.9 Å². The molecule has 0 saturated carbocycles. The SMILES string of the molecule is CCCCCCC/C=C\C/C=C\CCCCCCCCCCCCCCCCCCCCCCCCCC(=O)OCC(COC(=O)CCCCCCCCC)OC(=O)CCCCCCCCCCCCCCCCCCCCCCC. The van der Waals surface area contributed by atoms with Gasteiger partial charge in [-0.2, -0.15) is 0 Å². The molecule has 81 heavy (non-hydrogen) atoms. The first-order valence-electron chi connectivity index (χ1n) is 36.8. The van der Waals surface area contributed by atoms with Crippen LogP contribution in [0.15, 0.2) is 24.3 Å². The van der Waals surface area contributed by atoms with Crippen LogP contribution in [-0.2, 0) is 28.6 Å². The minimum absolute atomic E-state index is 0.0633. The van der Waals surface area contributed by atoms with Crippen LogP contribution in [0.1, 0.15) is 419 Å². The number of ether oxygens (including phenoxy) is 3. The molecule has 0 bridgehead atoms. The number of unbranched alkanes of at least 4 members (excludes halogenated alkanes) is 54. The third kappa shape index (κ3) is 68.6. The Morgan fingerprint density at radius 3 is 0.679 bits per heavy atom. The van der Waals surface area contributed by atoms with Crippen LogP contribution in [0.5, 0.6) is 0 Å². The maximum atomic E-state index is 12.9. The van der Waals surface area contributed by atoms with Gasteiger partial charge >= 0.3 is 17.9 Å². The predicted octanol–water partition coefficient (Wildman–Crippen LogP) is 25.3. The Bertz CT molecular complexity index is 1310. The van der Waals surface area contributed by atoms with Crippen molar-refractivity contribution in [2.45, 2.75) is 425 Å². The third-order valence-corrected chi connectivity index (χ3v) is 17.0. The molecule has 0 aromatic heterocycles. The number of carbonyl (C=O) groups excluding carboxylic acids is 3. The molecular formula is C75H142O6. The van der Waals surface area contributed by atoms with E-state index in [1.165, 1.54) is 315 Å². The Morgan fingerprint density at radius 2 is 0.444 bits per heavy atom. The van der Waals surface area contributed by atoms with E-state index in [9.17, 15) is 14.4 Å². The highest BCUT2D eigenvalue weighted by Gasteiger charge is 2.20. The van der Waals surface area contributed by atoms with Gasteiger partial charge in [-0.25, -0.2) is 0 Å². The molecule has 478 valence electrons. The van der Waals surface area contributed by atoms with Crippen molar-refractivity contribution in [2.24, 2.45) is 0 Å². The van der Waals surface area contributed by atoms with Gasteiger partial charge in [0.05, 0.1) is 0 Å². The number of allylic oxidation sites excluding steroid dienone is 4. The van der Waals surface area contributed by atoms with Crippen LogP contribution in [-0.4, -0.2) is 37.2 Å². The summed E-state index contributed by atoms with van der Waals surface area (Å²) in [7, 11) is 0. The molecule has 6 nitrogen and oxygen atoms in total. The lowest BCUT2D eigenvalue weighted by molar-refractivity contribution is -0.167. The molecule has 0 rings (SSSR count). The minimum Gasteiger partial charge on any atom is -0.462 e. The molecule has 0 heterocycles. The van der Waals surface area contributed by atoms with Crippen LogP contribution in [0.3, 0.4) is 0 Å². The summed E-state index contributed by atoms with van der Waals surface area (Å²) in [6.07, 6.45) is 86.9. The summed E-state index contributed by atoms with van der Waals surface area (Å²) in [6.45, 7) is 6.67. The maximum Gasteiger partial charge on any atom is 0.306 e. The van der Waals surface area contributed by atoms with Crippen molar-refractivity contribution in [3.8, 4) is 0 Å². The summed E-state index contributed by atoms with van der Waals surface area (Å²) in [5.74, 6) is -0.838. The Balaban J connectivity index is 3.92. The summed E-state index contributed by atoms with van der Waals surface area (Å²) in [5.41, 5.74) is 0. The molecule has 0 saturated heterocycles. The number of esters is 3. The lowest BCUT2D eigenvalue weighted by atomic mass is 10.0. The first-order valence-corrected chi connectivity index (χ1v) is 36.8. The number of carbonyl (C=O) groups is 3. The summed E-state index contributed by atoms with van der Waals surface area (Å²) >= 11 is 0. The first-order chi connectivity index (χ1) is 40.0. The summed E-state index contributed by atoms with van der Waals surface area (Å²) in [4.78, 5) is 38.2. The van der Waals surface area contributed by atoms with Crippen LogP contribution in [0.4, 0.5) is 0 Å². The highest BCUT2D eigenvalue weighted by molar-refractivity contribution is 5.71. The van der Waals surface area contributed by atoms with Crippen molar-refractivity contribution < 1.29 is 28.6 Å². The van der Waals surface area contributed by atoms with Crippen LogP contribution < -0.4 is 0 Å². The quantitative estimate of drug-likeness (QED) is 0.0261. The lowest BCUT2D eigenvalue weighted by Crippen LogP contribution is -2.30. The zero-order valence-electron chi connectivity index (χ0n) is 55.1. The van der Waals surface area contributed by atoms with E-state index in [0.717, 1.165) is 64.2 Å². The van der Waals surface area contributed by atoms with E-state index in [-0.39, 0.29) is 31.1 Å². The molecule has 0 N–H and O–H groups in total. The summed E-state index contributed by atoms with van der Waals surface area (Å²) in [5, 5.41) is 0. The van der Waals surface area contributed by atoms with E-state index in [2.05, 4.69) is 45.1 Å². The van der Waals surface area contributed by atoms with E-state index in [1.54, 1.807) is 0 Å².